The van der Waals surface area contributed by atoms with E-state index >= 15 is 0 Å². The highest BCUT2D eigenvalue weighted by Gasteiger charge is 2.38. The molecule has 0 unspecified atom stereocenters. The van der Waals surface area contributed by atoms with Crippen molar-refractivity contribution in [1.29, 1.82) is 0 Å². The van der Waals surface area contributed by atoms with Gasteiger partial charge in [-0.15, -0.1) is 0 Å². The van der Waals surface area contributed by atoms with E-state index in [1.54, 1.807) is 0 Å². The van der Waals surface area contributed by atoms with Crippen LogP contribution in [0.4, 0.5) is 0 Å². The monoisotopic (exact) mass is 198 g/mol. The van der Waals surface area contributed by atoms with E-state index in [0.717, 1.165) is 6.42 Å². The van der Waals surface area contributed by atoms with Crippen LogP contribution in [0.1, 0.15) is 24.3 Å². The molecule has 0 radical (unpaired) electrons. The fourth-order valence-corrected chi connectivity index (χ4v) is 2.92. The maximum Gasteiger partial charge on any atom is 0.141 e. The van der Waals surface area contributed by atoms with Gasteiger partial charge in [0.1, 0.15) is 5.78 Å². The summed E-state index contributed by atoms with van der Waals surface area (Å²) in [5, 5.41) is 0. The Labute approximate surface area is 89.8 Å². The van der Waals surface area contributed by atoms with Gasteiger partial charge in [0.15, 0.2) is 0 Å². The normalized spacial score (nSPS) is 33.3. The van der Waals surface area contributed by atoms with Gasteiger partial charge < -0.3 is 0 Å². The summed E-state index contributed by atoms with van der Waals surface area (Å²) in [6.07, 6.45) is 6.39. The predicted molar refractivity (Wildman–Crippen MR) is 59.5 cm³/mol. The van der Waals surface area contributed by atoms with E-state index in [-0.39, 0.29) is 5.92 Å². The van der Waals surface area contributed by atoms with Gasteiger partial charge in [-0.1, -0.05) is 42.5 Å². The number of rotatable bonds is 1. The minimum absolute atomic E-state index is 0.126. The van der Waals surface area contributed by atoms with E-state index in [1.807, 2.05) is 18.2 Å². The Morgan fingerprint density at radius 2 is 1.87 bits per heavy atom. The third kappa shape index (κ3) is 1.43. The Hall–Kier alpha value is -1.37. The van der Waals surface area contributed by atoms with E-state index < -0.39 is 0 Å². The molecule has 1 fully saturated rings. The average molecular weight is 198 g/mol. The first-order valence-corrected chi connectivity index (χ1v) is 5.60. The van der Waals surface area contributed by atoms with Crippen molar-refractivity contribution in [3.63, 3.8) is 0 Å². The summed E-state index contributed by atoms with van der Waals surface area (Å²) >= 11 is 0. The van der Waals surface area contributed by atoms with Crippen molar-refractivity contribution in [2.75, 3.05) is 0 Å². The largest absolute Gasteiger partial charge is 0.299 e. The summed E-state index contributed by atoms with van der Waals surface area (Å²) in [6.45, 7) is 0. The molecule has 3 atom stereocenters. The molecule has 2 aliphatic carbocycles. The van der Waals surface area contributed by atoms with Gasteiger partial charge in [-0.25, -0.2) is 0 Å². The first-order valence-electron chi connectivity index (χ1n) is 5.60. The number of benzene rings is 1. The zero-order chi connectivity index (χ0) is 10.3. The molecule has 0 heterocycles. The molecule has 0 N–H and O–H groups in total. The zero-order valence-electron chi connectivity index (χ0n) is 8.60. The summed E-state index contributed by atoms with van der Waals surface area (Å²) in [4.78, 5) is 12.0. The van der Waals surface area contributed by atoms with Crippen molar-refractivity contribution in [2.24, 2.45) is 11.8 Å². The van der Waals surface area contributed by atoms with Crippen molar-refractivity contribution < 1.29 is 4.79 Å². The Bertz CT molecular complexity index is 405. The van der Waals surface area contributed by atoms with Crippen molar-refractivity contribution in [3.8, 4) is 0 Å². The molecule has 0 spiro atoms. The van der Waals surface area contributed by atoms with Gasteiger partial charge in [0.2, 0.25) is 0 Å². The lowest BCUT2D eigenvalue weighted by Gasteiger charge is -2.27. The highest BCUT2D eigenvalue weighted by atomic mass is 16.1. The molecule has 1 heteroatoms. The topological polar surface area (TPSA) is 17.1 Å². The van der Waals surface area contributed by atoms with Gasteiger partial charge in [0.05, 0.1) is 0 Å². The van der Waals surface area contributed by atoms with Crippen molar-refractivity contribution in [1.82, 2.24) is 0 Å². The molecule has 0 saturated heterocycles. The molecule has 1 aromatic rings. The van der Waals surface area contributed by atoms with Crippen molar-refractivity contribution in [3.05, 3.63) is 48.0 Å². The average Bonchev–Trinajstić information content (AvgIpc) is 2.62. The van der Waals surface area contributed by atoms with Crippen LogP contribution in [0.15, 0.2) is 42.5 Å². The molecule has 1 saturated carbocycles. The Morgan fingerprint density at radius 1 is 1.07 bits per heavy atom. The van der Waals surface area contributed by atoms with Crippen LogP contribution in [0, 0.1) is 11.8 Å². The first-order chi connectivity index (χ1) is 7.34. The molecule has 0 amide bonds. The van der Waals surface area contributed by atoms with Gasteiger partial charge >= 0.3 is 0 Å². The lowest BCUT2D eigenvalue weighted by molar-refractivity contribution is -0.123. The predicted octanol–water partition coefficient (Wildman–Crippen LogP) is 2.94. The van der Waals surface area contributed by atoms with E-state index in [1.165, 1.54) is 12.0 Å². The molecule has 0 aromatic heterocycles. The van der Waals surface area contributed by atoms with Crippen LogP contribution >= 0.6 is 0 Å². The minimum Gasteiger partial charge on any atom is -0.299 e. The number of ketones is 1. The Balaban J connectivity index is 1.98. The number of Topliss-reactive ketones (excluding diaryl/α,β-unsaturated/α-hetero) is 1. The molecule has 2 bridgehead atoms. The molecule has 3 rings (SSSR count). The van der Waals surface area contributed by atoms with Crippen molar-refractivity contribution in [2.45, 2.75) is 18.8 Å². The lowest BCUT2D eigenvalue weighted by atomic mass is 9.75. The summed E-state index contributed by atoms with van der Waals surface area (Å²) in [7, 11) is 0. The van der Waals surface area contributed by atoms with Gasteiger partial charge in [-0.3, -0.25) is 4.79 Å². The molecule has 0 aliphatic heterocycles. The summed E-state index contributed by atoms with van der Waals surface area (Å²) in [5.74, 6) is 1.54. The molecule has 1 nitrogen and oxygen atoms in total. The Morgan fingerprint density at radius 3 is 2.67 bits per heavy atom. The van der Waals surface area contributed by atoms with E-state index in [4.69, 9.17) is 0 Å². The fraction of sp³-hybridized carbons (Fsp3) is 0.357. The lowest BCUT2D eigenvalue weighted by Crippen LogP contribution is -2.26. The van der Waals surface area contributed by atoms with Crippen LogP contribution in [0.2, 0.25) is 0 Å². The SMILES string of the molecule is O=C1C[C@H]2C=C[C@H](C2)[C@H]1c1ccccc1. The molecular weight excluding hydrogens is 184 g/mol. The summed E-state index contributed by atoms with van der Waals surface area (Å²) in [5.41, 5.74) is 1.19. The van der Waals surface area contributed by atoms with Crippen LogP contribution in [-0.4, -0.2) is 5.78 Å². The van der Waals surface area contributed by atoms with Crippen molar-refractivity contribution >= 4 is 5.78 Å². The smallest absolute Gasteiger partial charge is 0.141 e. The molecular formula is C14H14O. The Kier molecular flexibility index (Phi) is 1.98. The highest BCUT2D eigenvalue weighted by Crippen LogP contribution is 2.43. The van der Waals surface area contributed by atoms with E-state index in [2.05, 4.69) is 24.3 Å². The third-order valence-corrected chi connectivity index (χ3v) is 3.60. The number of carbonyl (C=O) groups excluding carboxylic acids is 1. The number of carbonyl (C=O) groups is 1. The second-order valence-electron chi connectivity index (χ2n) is 4.60. The van der Waals surface area contributed by atoms with Gasteiger partial charge in [0.25, 0.3) is 0 Å². The maximum atomic E-state index is 12.0. The summed E-state index contributed by atoms with van der Waals surface area (Å²) < 4.78 is 0. The van der Waals surface area contributed by atoms with Crippen LogP contribution in [-0.2, 0) is 4.79 Å². The third-order valence-electron chi connectivity index (χ3n) is 3.60. The second-order valence-corrected chi connectivity index (χ2v) is 4.60. The summed E-state index contributed by atoms with van der Waals surface area (Å²) in [6, 6.07) is 10.2. The van der Waals surface area contributed by atoms with Crippen LogP contribution in [0.5, 0.6) is 0 Å². The van der Waals surface area contributed by atoms with Gasteiger partial charge in [-0.2, -0.15) is 0 Å². The number of hydrogen-bond donors (Lipinski definition) is 0. The zero-order valence-corrected chi connectivity index (χ0v) is 8.60. The highest BCUT2D eigenvalue weighted by molar-refractivity contribution is 5.88. The molecule has 1 aromatic carbocycles. The van der Waals surface area contributed by atoms with Gasteiger partial charge in [0, 0.05) is 12.3 Å². The van der Waals surface area contributed by atoms with Crippen LogP contribution < -0.4 is 0 Å². The minimum atomic E-state index is 0.126. The quantitative estimate of drug-likeness (QED) is 0.634. The second kappa shape index (κ2) is 3.34. The van der Waals surface area contributed by atoms with E-state index in [9.17, 15) is 4.79 Å². The maximum absolute atomic E-state index is 12.0. The number of fused-ring (bicyclic) bond motifs is 2. The number of allylic oxidation sites excluding steroid dienone is 2. The number of hydrogen-bond acceptors (Lipinski definition) is 1. The molecule has 76 valence electrons. The van der Waals surface area contributed by atoms with Gasteiger partial charge in [-0.05, 0) is 23.8 Å². The molecule has 2 aliphatic rings. The fourth-order valence-electron chi connectivity index (χ4n) is 2.92. The van der Waals surface area contributed by atoms with E-state index in [0.29, 0.717) is 17.6 Å². The first kappa shape index (κ1) is 8.90. The standard InChI is InChI=1S/C14H14O/c15-13-9-10-6-7-12(8-10)14(13)11-4-2-1-3-5-11/h1-7,10,12,14H,8-9H2/t10-,12+,14+/m0/s1. The molecule has 15 heavy (non-hydrogen) atoms. The van der Waals surface area contributed by atoms with Crippen LogP contribution in [0.25, 0.3) is 0 Å². The van der Waals surface area contributed by atoms with Crippen LogP contribution in [0.3, 0.4) is 0 Å².